The molecule has 2 aromatic carbocycles. The smallest absolute Gasteiger partial charge is 0.329 e. The highest BCUT2D eigenvalue weighted by Crippen LogP contribution is 2.38. The molecule has 1 unspecified atom stereocenters. The lowest BCUT2D eigenvalue weighted by molar-refractivity contribution is -0.154. The van der Waals surface area contributed by atoms with E-state index >= 15 is 0 Å². The summed E-state index contributed by atoms with van der Waals surface area (Å²) in [4.78, 5) is 39.3. The molecule has 1 heterocycles. The lowest BCUT2D eigenvalue weighted by Gasteiger charge is -2.29. The van der Waals surface area contributed by atoms with Crippen molar-refractivity contribution in [3.05, 3.63) is 69.7 Å². The fraction of sp³-hybridized carbons (Fsp3) is 0.238. The van der Waals surface area contributed by atoms with Gasteiger partial charge in [-0.05, 0) is 47.6 Å². The Balaban J connectivity index is 2.17. The van der Waals surface area contributed by atoms with Gasteiger partial charge in [0, 0.05) is 10.0 Å². The van der Waals surface area contributed by atoms with Gasteiger partial charge in [-0.15, -0.1) is 0 Å². The molecule has 0 saturated carbocycles. The Bertz CT molecular complexity index is 982. The quantitative estimate of drug-likeness (QED) is 0.502. The minimum Gasteiger partial charge on any atom is -0.469 e. The van der Waals surface area contributed by atoms with Gasteiger partial charge in [-0.1, -0.05) is 47.5 Å². The summed E-state index contributed by atoms with van der Waals surface area (Å²) in [6, 6.07) is 12.0. The summed E-state index contributed by atoms with van der Waals surface area (Å²) in [5.41, 5.74) is -0.388. The molecule has 0 spiro atoms. The fourth-order valence-corrected chi connectivity index (χ4v) is 4.06. The van der Waals surface area contributed by atoms with Gasteiger partial charge in [0.2, 0.25) is 0 Å². The molecule has 0 aliphatic carbocycles. The molecule has 1 aliphatic rings. The summed E-state index contributed by atoms with van der Waals surface area (Å²) in [5.74, 6) is -2.05. The van der Waals surface area contributed by atoms with E-state index in [2.05, 4.69) is 10.1 Å². The summed E-state index contributed by atoms with van der Waals surface area (Å²) in [5, 5.41) is 3.99. The number of carbonyl (C=O) groups is 3. The first kappa shape index (κ1) is 23.0. The van der Waals surface area contributed by atoms with Crippen molar-refractivity contribution in [3.8, 4) is 0 Å². The lowest BCUT2D eigenvalue weighted by atomic mass is 9.82. The van der Waals surface area contributed by atoms with Crippen molar-refractivity contribution in [2.45, 2.75) is 18.0 Å². The zero-order valence-electron chi connectivity index (χ0n) is 16.6. The van der Waals surface area contributed by atoms with E-state index in [0.29, 0.717) is 21.2 Å². The maximum atomic E-state index is 13.9. The highest BCUT2D eigenvalue weighted by Gasteiger charge is 2.55. The van der Waals surface area contributed by atoms with Gasteiger partial charge in [-0.25, -0.2) is 4.79 Å². The zero-order chi connectivity index (χ0) is 22.8. The summed E-state index contributed by atoms with van der Waals surface area (Å²) >= 11 is 17.5. The van der Waals surface area contributed by atoms with E-state index in [0.717, 1.165) is 12.0 Å². The Kier molecular flexibility index (Phi) is 6.83. The average Bonchev–Trinajstić information content (AvgIpc) is 3.03. The van der Waals surface area contributed by atoms with Gasteiger partial charge in [0.1, 0.15) is 6.04 Å². The number of methoxy groups -OCH3 is 2. The Morgan fingerprint density at radius 2 is 1.48 bits per heavy atom. The van der Waals surface area contributed by atoms with Crippen LogP contribution in [0.3, 0.4) is 0 Å². The number of nitrogens with one attached hydrogen (secondary N) is 1. The number of esters is 2. The number of hydrogen-bond acceptors (Lipinski definition) is 6. The number of rotatable bonds is 6. The number of thiocarbonyl (C=S) groups is 1. The van der Waals surface area contributed by atoms with Gasteiger partial charge in [0.25, 0.3) is 5.91 Å². The topological polar surface area (TPSA) is 84.9 Å². The molecule has 10 heteroatoms. The first-order valence-corrected chi connectivity index (χ1v) is 10.2. The Hall–Kier alpha value is -2.68. The number of hydrogen-bond donors (Lipinski definition) is 1. The number of ether oxygens (including phenoxy) is 2. The molecule has 1 aliphatic heterocycles. The summed E-state index contributed by atoms with van der Waals surface area (Å²) in [7, 11) is 2.35. The Morgan fingerprint density at radius 3 is 1.90 bits per heavy atom. The second-order valence-corrected chi connectivity index (χ2v) is 7.95. The highest BCUT2D eigenvalue weighted by atomic mass is 35.5. The Morgan fingerprint density at radius 1 is 1.00 bits per heavy atom. The van der Waals surface area contributed by atoms with Crippen LogP contribution in [-0.4, -0.2) is 48.1 Å². The van der Waals surface area contributed by atoms with E-state index in [-0.39, 0.29) is 5.11 Å². The van der Waals surface area contributed by atoms with Gasteiger partial charge < -0.3 is 14.8 Å². The molecule has 162 valence electrons. The normalized spacial score (nSPS) is 15.9. The van der Waals surface area contributed by atoms with Crippen LogP contribution in [0, 0.1) is 0 Å². The third kappa shape index (κ3) is 4.23. The molecular weight excluding hydrogens is 463 g/mol. The van der Waals surface area contributed by atoms with Crippen molar-refractivity contribution in [1.29, 1.82) is 0 Å². The summed E-state index contributed by atoms with van der Waals surface area (Å²) < 4.78 is 9.49. The highest BCUT2D eigenvalue weighted by molar-refractivity contribution is 7.80. The van der Waals surface area contributed by atoms with E-state index in [9.17, 15) is 14.4 Å². The van der Waals surface area contributed by atoms with Crippen molar-refractivity contribution in [2.24, 2.45) is 0 Å². The van der Waals surface area contributed by atoms with Crippen LogP contribution in [0.4, 0.5) is 0 Å². The largest absolute Gasteiger partial charge is 0.469 e. The van der Waals surface area contributed by atoms with Crippen LogP contribution in [-0.2, 0) is 29.4 Å². The molecule has 2 aromatic rings. The Labute approximate surface area is 194 Å². The first-order valence-electron chi connectivity index (χ1n) is 9.07. The van der Waals surface area contributed by atoms with Crippen LogP contribution in [0.5, 0.6) is 0 Å². The van der Waals surface area contributed by atoms with Crippen molar-refractivity contribution in [1.82, 2.24) is 10.2 Å². The number of amides is 1. The SMILES string of the molecule is COC(=O)CC(C(=O)OC)N1C(=O)C(c2ccc(Cl)cc2)(c2ccc(Cl)cc2)NC1=S. The first-order chi connectivity index (χ1) is 14.7. The number of halogens is 2. The zero-order valence-corrected chi connectivity index (χ0v) is 18.9. The standard InChI is InChI=1S/C21H18Cl2N2O5S/c1-29-17(26)11-16(18(27)30-2)25-19(28)21(24-20(25)31,12-3-7-14(22)8-4-12)13-5-9-15(23)10-6-13/h3-10,16H,11H2,1-2H3,(H,24,31). The molecule has 1 fully saturated rings. The molecular formula is C21H18Cl2N2O5S. The fourth-order valence-electron chi connectivity index (χ4n) is 3.45. The van der Waals surface area contributed by atoms with Crippen LogP contribution in [0.25, 0.3) is 0 Å². The van der Waals surface area contributed by atoms with Crippen LogP contribution >= 0.6 is 35.4 Å². The van der Waals surface area contributed by atoms with Crippen molar-refractivity contribution >= 4 is 58.4 Å². The third-order valence-corrected chi connectivity index (χ3v) is 5.78. The lowest BCUT2D eigenvalue weighted by Crippen LogP contribution is -2.49. The minimum atomic E-state index is -1.46. The van der Waals surface area contributed by atoms with E-state index in [1.54, 1.807) is 48.5 Å². The summed E-state index contributed by atoms with van der Waals surface area (Å²) in [6.07, 6.45) is -0.423. The second kappa shape index (κ2) is 9.21. The van der Waals surface area contributed by atoms with Gasteiger partial charge >= 0.3 is 11.9 Å². The van der Waals surface area contributed by atoms with Crippen LogP contribution < -0.4 is 5.32 Å². The molecule has 1 amide bonds. The molecule has 7 nitrogen and oxygen atoms in total. The van der Waals surface area contributed by atoms with Crippen molar-refractivity contribution in [3.63, 3.8) is 0 Å². The molecule has 1 atom stereocenters. The molecule has 0 radical (unpaired) electrons. The van der Waals surface area contributed by atoms with E-state index in [1.807, 2.05) is 0 Å². The molecule has 0 aromatic heterocycles. The van der Waals surface area contributed by atoms with Crippen LogP contribution in [0.2, 0.25) is 10.0 Å². The molecule has 1 N–H and O–H groups in total. The average molecular weight is 481 g/mol. The molecule has 31 heavy (non-hydrogen) atoms. The predicted octanol–water partition coefficient (Wildman–Crippen LogP) is 3.06. The van der Waals surface area contributed by atoms with E-state index < -0.39 is 35.8 Å². The van der Waals surface area contributed by atoms with Gasteiger partial charge in [0.15, 0.2) is 10.7 Å². The number of carbonyl (C=O) groups excluding carboxylic acids is 3. The third-order valence-electron chi connectivity index (χ3n) is 4.98. The van der Waals surface area contributed by atoms with Crippen LogP contribution in [0.15, 0.2) is 48.5 Å². The van der Waals surface area contributed by atoms with Gasteiger partial charge in [-0.3, -0.25) is 14.5 Å². The van der Waals surface area contributed by atoms with Gasteiger partial charge in [-0.2, -0.15) is 0 Å². The van der Waals surface area contributed by atoms with E-state index in [1.165, 1.54) is 7.11 Å². The van der Waals surface area contributed by atoms with Crippen molar-refractivity contribution < 1.29 is 23.9 Å². The molecule has 3 rings (SSSR count). The molecule has 0 bridgehead atoms. The van der Waals surface area contributed by atoms with Gasteiger partial charge in [0.05, 0.1) is 20.6 Å². The number of nitrogens with zero attached hydrogens (tertiary/aromatic N) is 1. The number of benzene rings is 2. The maximum absolute atomic E-state index is 13.9. The van der Waals surface area contributed by atoms with E-state index in [4.69, 9.17) is 40.2 Å². The maximum Gasteiger partial charge on any atom is 0.329 e. The molecule has 1 saturated heterocycles. The summed E-state index contributed by atoms with van der Waals surface area (Å²) in [6.45, 7) is 0. The minimum absolute atomic E-state index is 0.0331. The monoisotopic (exact) mass is 480 g/mol. The second-order valence-electron chi connectivity index (χ2n) is 6.69. The van der Waals surface area contributed by atoms with Crippen molar-refractivity contribution in [2.75, 3.05) is 14.2 Å². The predicted molar refractivity (Wildman–Crippen MR) is 119 cm³/mol. The van der Waals surface area contributed by atoms with Crippen LogP contribution in [0.1, 0.15) is 17.5 Å².